The van der Waals surface area contributed by atoms with Crippen LogP contribution in [0.1, 0.15) is 10.5 Å². The quantitative estimate of drug-likeness (QED) is 0.571. The van der Waals surface area contributed by atoms with Gasteiger partial charge in [0.25, 0.3) is 5.91 Å². The second-order valence-electron chi connectivity index (χ2n) is 6.06. The molecule has 0 bridgehead atoms. The summed E-state index contributed by atoms with van der Waals surface area (Å²) in [6.07, 6.45) is 7.02. The number of nitrogens with zero attached hydrogens (tertiary/aromatic N) is 5. The lowest BCUT2D eigenvalue weighted by molar-refractivity contribution is 0.102. The number of pyridine rings is 1. The fraction of sp³-hybridized carbons (Fsp3) is 0.111. The number of aryl methyl sites for hydroxylation is 2. The smallest absolute Gasteiger partial charge is 0.275 e. The van der Waals surface area contributed by atoms with Crippen LogP contribution < -0.4 is 10.8 Å². The third kappa shape index (κ3) is 2.86. The monoisotopic (exact) mass is 342 g/mol. The summed E-state index contributed by atoms with van der Waals surface area (Å²) in [5, 5.41) is 12.9. The molecule has 126 valence electrons. The molecule has 7 nitrogen and oxygen atoms in total. The van der Waals surface area contributed by atoms with Gasteiger partial charge in [-0.15, -0.1) is 0 Å². The summed E-state index contributed by atoms with van der Waals surface area (Å²) in [5.74, 6) is -0.355. The van der Waals surface area contributed by atoms with Gasteiger partial charge in [0.2, 0.25) is 0 Å². The van der Waals surface area contributed by atoms with Crippen LogP contribution in [0.4, 0.5) is 5.69 Å². The lowest BCUT2D eigenvalue weighted by Crippen LogP contribution is -2.20. The van der Waals surface area contributed by atoms with Crippen molar-refractivity contribution in [2.75, 3.05) is 5.32 Å². The molecule has 0 spiro atoms. The van der Waals surface area contributed by atoms with E-state index in [1.807, 2.05) is 37.5 Å². The fourth-order valence-electron chi connectivity index (χ4n) is 2.86. The Morgan fingerprint density at radius 3 is 2.69 bits per heavy atom. The Hall–Kier alpha value is -3.42. The van der Waals surface area contributed by atoms with Gasteiger partial charge in [0.1, 0.15) is 13.5 Å². The Morgan fingerprint density at radius 2 is 2.00 bits per heavy atom. The van der Waals surface area contributed by atoms with E-state index in [2.05, 4.69) is 20.5 Å². The van der Waals surface area contributed by atoms with Crippen LogP contribution in [-0.2, 0) is 14.1 Å². The van der Waals surface area contributed by atoms with Crippen molar-refractivity contribution in [1.82, 2.24) is 24.5 Å². The van der Waals surface area contributed by atoms with Crippen molar-refractivity contribution in [2.45, 2.75) is 0 Å². The van der Waals surface area contributed by atoms with Crippen LogP contribution in [-0.4, -0.2) is 38.3 Å². The van der Waals surface area contributed by atoms with Gasteiger partial charge < -0.3 is 5.32 Å². The topological polar surface area (TPSA) is 77.6 Å². The lowest BCUT2D eigenvalue weighted by atomic mass is 9.97. The summed E-state index contributed by atoms with van der Waals surface area (Å²) >= 11 is 0. The van der Waals surface area contributed by atoms with Gasteiger partial charge in [0, 0.05) is 43.6 Å². The molecule has 3 aromatic heterocycles. The number of carbonyl (C=O) groups excluding carboxylic acids is 1. The average Bonchev–Trinajstić information content (AvgIpc) is 3.19. The van der Waals surface area contributed by atoms with E-state index in [1.165, 1.54) is 4.68 Å². The van der Waals surface area contributed by atoms with Crippen molar-refractivity contribution in [3.63, 3.8) is 0 Å². The Labute approximate surface area is 151 Å². The number of rotatable bonds is 3. The molecule has 0 fully saturated rings. The first-order valence-electron chi connectivity index (χ1n) is 7.99. The SMILES string of the molecule is [B]c1cn(C)nc1C(=O)Nc1cccc2cc(-c3cnn(C)c3)ncc12. The molecule has 4 aromatic rings. The number of fused-ring (bicyclic) bond motifs is 1. The van der Waals surface area contributed by atoms with Gasteiger partial charge in [-0.2, -0.15) is 10.2 Å². The predicted molar refractivity (Wildman–Crippen MR) is 100 cm³/mol. The molecule has 3 heterocycles. The molecule has 8 heteroatoms. The van der Waals surface area contributed by atoms with E-state index < -0.39 is 0 Å². The fourth-order valence-corrected chi connectivity index (χ4v) is 2.86. The zero-order valence-corrected chi connectivity index (χ0v) is 14.3. The first kappa shape index (κ1) is 16.1. The van der Waals surface area contributed by atoms with Crippen molar-refractivity contribution in [3.05, 3.63) is 54.7 Å². The molecule has 0 saturated carbocycles. The van der Waals surface area contributed by atoms with E-state index >= 15 is 0 Å². The second kappa shape index (κ2) is 6.14. The zero-order valence-electron chi connectivity index (χ0n) is 14.3. The molecule has 0 atom stereocenters. The van der Waals surface area contributed by atoms with Gasteiger partial charge in [0.15, 0.2) is 0 Å². The summed E-state index contributed by atoms with van der Waals surface area (Å²) in [6.45, 7) is 0. The normalized spacial score (nSPS) is 11.0. The van der Waals surface area contributed by atoms with E-state index in [-0.39, 0.29) is 11.6 Å². The summed E-state index contributed by atoms with van der Waals surface area (Å²) in [5.41, 5.74) is 2.95. The third-order valence-electron chi connectivity index (χ3n) is 4.09. The van der Waals surface area contributed by atoms with E-state index in [0.29, 0.717) is 11.2 Å². The summed E-state index contributed by atoms with van der Waals surface area (Å²) < 4.78 is 3.24. The molecule has 1 aromatic carbocycles. The highest BCUT2D eigenvalue weighted by Gasteiger charge is 2.14. The van der Waals surface area contributed by atoms with Crippen molar-refractivity contribution in [1.29, 1.82) is 0 Å². The average molecular weight is 342 g/mol. The number of hydrogen-bond donors (Lipinski definition) is 1. The highest BCUT2D eigenvalue weighted by Crippen LogP contribution is 2.26. The zero-order chi connectivity index (χ0) is 18.3. The van der Waals surface area contributed by atoms with E-state index in [4.69, 9.17) is 7.85 Å². The maximum Gasteiger partial charge on any atom is 0.275 e. The number of anilines is 1. The minimum absolute atomic E-state index is 0.199. The van der Waals surface area contributed by atoms with Gasteiger partial charge in [-0.25, -0.2) is 0 Å². The largest absolute Gasteiger partial charge is 0.320 e. The van der Waals surface area contributed by atoms with Crippen LogP contribution in [0, 0.1) is 0 Å². The number of nitrogens with one attached hydrogen (secondary N) is 1. The summed E-state index contributed by atoms with van der Waals surface area (Å²) in [6, 6.07) is 7.65. The minimum Gasteiger partial charge on any atom is -0.320 e. The highest BCUT2D eigenvalue weighted by molar-refractivity contribution is 6.36. The number of amides is 1. The van der Waals surface area contributed by atoms with E-state index in [0.717, 1.165) is 22.0 Å². The Morgan fingerprint density at radius 1 is 1.15 bits per heavy atom. The minimum atomic E-state index is -0.355. The van der Waals surface area contributed by atoms with Gasteiger partial charge >= 0.3 is 0 Å². The molecule has 26 heavy (non-hydrogen) atoms. The number of benzene rings is 1. The molecule has 2 radical (unpaired) electrons. The van der Waals surface area contributed by atoms with Crippen LogP contribution in [0.5, 0.6) is 0 Å². The van der Waals surface area contributed by atoms with E-state index in [1.54, 1.807) is 30.3 Å². The summed E-state index contributed by atoms with van der Waals surface area (Å²) in [7, 11) is 9.41. The van der Waals surface area contributed by atoms with E-state index in [9.17, 15) is 4.79 Å². The van der Waals surface area contributed by atoms with Gasteiger partial charge in [-0.1, -0.05) is 12.1 Å². The highest BCUT2D eigenvalue weighted by atomic mass is 16.2. The third-order valence-corrected chi connectivity index (χ3v) is 4.09. The van der Waals surface area contributed by atoms with Crippen LogP contribution in [0.2, 0.25) is 0 Å². The van der Waals surface area contributed by atoms with Crippen molar-refractivity contribution < 1.29 is 4.79 Å². The maximum absolute atomic E-state index is 12.5. The second-order valence-corrected chi connectivity index (χ2v) is 6.06. The maximum atomic E-state index is 12.5. The molecule has 0 unspecified atom stereocenters. The predicted octanol–water partition coefficient (Wildman–Crippen LogP) is 1.41. The van der Waals surface area contributed by atoms with Crippen LogP contribution in [0.25, 0.3) is 22.0 Å². The van der Waals surface area contributed by atoms with Gasteiger partial charge in [-0.05, 0) is 23.0 Å². The molecule has 1 N–H and O–H groups in total. The van der Waals surface area contributed by atoms with Crippen LogP contribution in [0.3, 0.4) is 0 Å². The Balaban J connectivity index is 1.70. The van der Waals surface area contributed by atoms with Gasteiger partial charge in [-0.3, -0.25) is 19.1 Å². The van der Waals surface area contributed by atoms with Crippen molar-refractivity contribution >= 4 is 35.7 Å². The first-order chi connectivity index (χ1) is 12.5. The van der Waals surface area contributed by atoms with Gasteiger partial charge in [0.05, 0.1) is 17.6 Å². The first-order valence-corrected chi connectivity index (χ1v) is 7.99. The van der Waals surface area contributed by atoms with Crippen molar-refractivity contribution in [2.24, 2.45) is 14.1 Å². The molecule has 0 aliphatic carbocycles. The van der Waals surface area contributed by atoms with Crippen molar-refractivity contribution in [3.8, 4) is 11.3 Å². The summed E-state index contributed by atoms with van der Waals surface area (Å²) in [4.78, 5) is 17.0. The number of hydrogen-bond acceptors (Lipinski definition) is 4. The molecule has 0 aliphatic rings. The Kier molecular flexibility index (Phi) is 3.80. The molecular formula is C18H15BN6O. The molecule has 0 saturated heterocycles. The molecule has 0 aliphatic heterocycles. The number of aromatic nitrogens is 5. The molecular weight excluding hydrogens is 327 g/mol. The molecule has 4 rings (SSSR count). The lowest BCUT2D eigenvalue weighted by Gasteiger charge is -2.09. The molecule has 1 amide bonds. The van der Waals surface area contributed by atoms with Crippen LogP contribution >= 0.6 is 0 Å². The van der Waals surface area contributed by atoms with Crippen LogP contribution in [0.15, 0.2) is 49.1 Å². The standard InChI is InChI=1S/C18H15BN6O/c1-24-9-12(7-21-24)16-6-11-4-3-5-15(13(11)8-20-16)22-18(26)17-14(19)10-25(2)23-17/h3-10H,1-2H3,(H,22,26). The Bertz CT molecular complexity index is 1130. The number of carbonyl (C=O) groups is 1.